The van der Waals surface area contributed by atoms with Crippen LogP contribution in [0.2, 0.25) is 0 Å². The van der Waals surface area contributed by atoms with Gasteiger partial charge in [-0.2, -0.15) is 11.8 Å². The van der Waals surface area contributed by atoms with Crippen LogP contribution in [-0.2, 0) is 0 Å². The highest BCUT2D eigenvalue weighted by molar-refractivity contribution is 7.98. The number of carbonyl (C=O) groups excluding carboxylic acids is 1. The summed E-state index contributed by atoms with van der Waals surface area (Å²) in [5.74, 6) is 0.729. The molecular weight excluding hydrogens is 251 g/mol. The van der Waals surface area contributed by atoms with Crippen molar-refractivity contribution >= 4 is 23.4 Å². The van der Waals surface area contributed by atoms with E-state index in [-0.39, 0.29) is 11.6 Å². The normalized spacial score (nSPS) is 12.0. The van der Waals surface area contributed by atoms with Gasteiger partial charge in [-0.05, 0) is 30.1 Å². The van der Waals surface area contributed by atoms with Crippen molar-refractivity contribution in [3.8, 4) is 0 Å². The van der Waals surface area contributed by atoms with Crippen LogP contribution in [0.3, 0.4) is 0 Å². The summed E-state index contributed by atoms with van der Waals surface area (Å²) in [5.41, 5.74) is 0.585. The molecule has 0 aliphatic carbocycles. The van der Waals surface area contributed by atoms with E-state index in [0.717, 1.165) is 5.75 Å². The van der Waals surface area contributed by atoms with Crippen LogP contribution < -0.4 is 10.6 Å². The zero-order valence-corrected chi connectivity index (χ0v) is 11.7. The molecule has 1 atom stereocenters. The molecule has 0 heterocycles. The molecule has 18 heavy (non-hydrogen) atoms. The molecule has 0 saturated carbocycles. The van der Waals surface area contributed by atoms with Crippen LogP contribution in [0.4, 0.5) is 10.1 Å². The Bertz CT molecular complexity index is 412. The van der Waals surface area contributed by atoms with Gasteiger partial charge in [0.15, 0.2) is 0 Å². The highest BCUT2D eigenvalue weighted by Crippen LogP contribution is 2.19. The van der Waals surface area contributed by atoms with E-state index in [4.69, 9.17) is 0 Å². The Kier molecular flexibility index (Phi) is 5.98. The molecule has 0 bridgehead atoms. The second-order valence-corrected chi connectivity index (χ2v) is 5.09. The summed E-state index contributed by atoms with van der Waals surface area (Å²) in [5, 5.41) is 5.54. The van der Waals surface area contributed by atoms with Crippen LogP contribution in [0.25, 0.3) is 0 Å². The van der Waals surface area contributed by atoms with Crippen molar-refractivity contribution in [2.75, 3.05) is 30.9 Å². The van der Waals surface area contributed by atoms with Gasteiger partial charge < -0.3 is 10.6 Å². The molecule has 0 fully saturated rings. The third kappa shape index (κ3) is 3.91. The average molecular weight is 270 g/mol. The van der Waals surface area contributed by atoms with E-state index in [1.807, 2.05) is 6.26 Å². The van der Waals surface area contributed by atoms with Gasteiger partial charge in [0, 0.05) is 13.6 Å². The van der Waals surface area contributed by atoms with E-state index in [1.54, 1.807) is 24.9 Å². The summed E-state index contributed by atoms with van der Waals surface area (Å²) >= 11 is 1.74. The first kappa shape index (κ1) is 14.8. The predicted molar refractivity (Wildman–Crippen MR) is 75.8 cm³/mol. The van der Waals surface area contributed by atoms with E-state index in [9.17, 15) is 9.18 Å². The van der Waals surface area contributed by atoms with E-state index >= 15 is 0 Å². The van der Waals surface area contributed by atoms with Crippen molar-refractivity contribution < 1.29 is 9.18 Å². The van der Waals surface area contributed by atoms with E-state index in [1.165, 1.54) is 12.1 Å². The van der Waals surface area contributed by atoms with Gasteiger partial charge in [0.1, 0.15) is 5.82 Å². The highest BCUT2D eigenvalue weighted by Gasteiger charge is 2.14. The van der Waals surface area contributed by atoms with Crippen LogP contribution in [0, 0.1) is 11.7 Å². The minimum Gasteiger partial charge on any atom is -0.385 e. The third-order valence-corrected chi connectivity index (χ3v) is 3.47. The topological polar surface area (TPSA) is 41.1 Å². The van der Waals surface area contributed by atoms with Crippen LogP contribution >= 0.6 is 11.8 Å². The minimum atomic E-state index is -0.415. The number of thioether (sulfide) groups is 1. The molecule has 1 rings (SSSR count). The molecule has 3 nitrogen and oxygen atoms in total. The molecule has 2 N–H and O–H groups in total. The zero-order valence-electron chi connectivity index (χ0n) is 10.9. The van der Waals surface area contributed by atoms with Gasteiger partial charge >= 0.3 is 0 Å². The number of hydrogen-bond acceptors (Lipinski definition) is 3. The predicted octanol–water partition coefficient (Wildman–Crippen LogP) is 2.60. The lowest BCUT2D eigenvalue weighted by atomic mass is 10.1. The molecule has 0 aliphatic rings. The number of para-hydroxylation sites is 1. The Morgan fingerprint density at radius 1 is 1.50 bits per heavy atom. The van der Waals surface area contributed by atoms with Gasteiger partial charge in [0.2, 0.25) is 0 Å². The van der Waals surface area contributed by atoms with Crippen LogP contribution in [0.5, 0.6) is 0 Å². The van der Waals surface area contributed by atoms with Crippen molar-refractivity contribution in [3.05, 3.63) is 29.6 Å². The van der Waals surface area contributed by atoms with Gasteiger partial charge in [-0.15, -0.1) is 0 Å². The molecule has 0 saturated heterocycles. The Morgan fingerprint density at radius 3 is 2.83 bits per heavy atom. The van der Waals surface area contributed by atoms with Crippen molar-refractivity contribution in [3.63, 3.8) is 0 Å². The van der Waals surface area contributed by atoms with Gasteiger partial charge in [0.25, 0.3) is 5.91 Å². The quantitative estimate of drug-likeness (QED) is 0.835. The van der Waals surface area contributed by atoms with Gasteiger partial charge in [-0.1, -0.05) is 13.0 Å². The molecule has 100 valence electrons. The lowest BCUT2D eigenvalue weighted by molar-refractivity contribution is 0.0949. The lowest BCUT2D eigenvalue weighted by Gasteiger charge is -2.13. The Balaban J connectivity index is 2.70. The molecule has 0 spiro atoms. The van der Waals surface area contributed by atoms with Gasteiger partial charge in [0.05, 0.1) is 11.3 Å². The monoisotopic (exact) mass is 270 g/mol. The number of rotatable bonds is 6. The van der Waals surface area contributed by atoms with Gasteiger partial charge in [-0.3, -0.25) is 4.79 Å². The third-order valence-electron chi connectivity index (χ3n) is 2.57. The maximum Gasteiger partial charge on any atom is 0.253 e. The van der Waals surface area contributed by atoms with Crippen molar-refractivity contribution in [2.45, 2.75) is 6.92 Å². The first-order valence-electron chi connectivity index (χ1n) is 5.83. The molecular formula is C13H19FN2OS. The summed E-state index contributed by atoms with van der Waals surface area (Å²) in [6.45, 7) is 2.67. The fourth-order valence-electron chi connectivity index (χ4n) is 1.67. The molecule has 1 aromatic rings. The van der Waals surface area contributed by atoms with Crippen molar-refractivity contribution in [2.24, 2.45) is 5.92 Å². The average Bonchev–Trinajstić information content (AvgIpc) is 2.36. The van der Waals surface area contributed by atoms with Crippen LogP contribution in [0.1, 0.15) is 17.3 Å². The zero-order chi connectivity index (χ0) is 13.5. The molecule has 1 aromatic carbocycles. The number of hydrogen-bond donors (Lipinski definition) is 2. The fraction of sp³-hybridized carbons (Fsp3) is 0.462. The number of carbonyl (C=O) groups is 1. The van der Waals surface area contributed by atoms with Crippen molar-refractivity contribution in [1.82, 2.24) is 5.32 Å². The second kappa shape index (κ2) is 7.26. The van der Waals surface area contributed by atoms with Crippen LogP contribution in [0.15, 0.2) is 18.2 Å². The first-order valence-corrected chi connectivity index (χ1v) is 7.23. The smallest absolute Gasteiger partial charge is 0.253 e. The lowest BCUT2D eigenvalue weighted by Crippen LogP contribution is -2.29. The number of benzene rings is 1. The number of anilines is 1. The molecule has 0 aromatic heterocycles. The molecule has 1 amide bonds. The molecule has 5 heteroatoms. The van der Waals surface area contributed by atoms with Crippen LogP contribution in [-0.4, -0.2) is 31.5 Å². The maximum absolute atomic E-state index is 13.5. The number of amides is 1. The summed E-state index contributed by atoms with van der Waals surface area (Å²) in [7, 11) is 1.60. The highest BCUT2D eigenvalue weighted by atomic mass is 32.2. The SMILES string of the molecule is CNc1c(F)cccc1C(=O)NCC(C)CSC. The largest absolute Gasteiger partial charge is 0.385 e. The summed E-state index contributed by atoms with van der Waals surface area (Å²) in [6.07, 6.45) is 2.03. The minimum absolute atomic E-state index is 0.243. The summed E-state index contributed by atoms with van der Waals surface area (Å²) in [6, 6.07) is 4.48. The Hall–Kier alpha value is -1.23. The first-order chi connectivity index (χ1) is 8.60. The molecule has 1 unspecified atom stereocenters. The van der Waals surface area contributed by atoms with E-state index < -0.39 is 5.82 Å². The summed E-state index contributed by atoms with van der Waals surface area (Å²) < 4.78 is 13.5. The fourth-order valence-corrected chi connectivity index (χ4v) is 2.36. The van der Waals surface area contributed by atoms with E-state index in [0.29, 0.717) is 18.0 Å². The molecule has 0 aliphatic heterocycles. The number of halogens is 1. The Morgan fingerprint density at radius 2 is 2.22 bits per heavy atom. The van der Waals surface area contributed by atoms with E-state index in [2.05, 4.69) is 17.6 Å². The maximum atomic E-state index is 13.5. The second-order valence-electron chi connectivity index (χ2n) is 4.18. The Labute approximate surface area is 112 Å². The van der Waals surface area contributed by atoms with Crippen molar-refractivity contribution in [1.29, 1.82) is 0 Å². The number of nitrogens with one attached hydrogen (secondary N) is 2. The standard InChI is InChI=1S/C13H19FN2OS/c1-9(8-18-3)7-16-13(17)10-5-4-6-11(14)12(10)15-2/h4-6,9,15H,7-8H2,1-3H3,(H,16,17). The summed E-state index contributed by atoms with van der Waals surface area (Å²) in [4.78, 5) is 12.0. The van der Waals surface area contributed by atoms with Gasteiger partial charge in [-0.25, -0.2) is 4.39 Å². The molecule has 0 radical (unpaired) electrons.